The van der Waals surface area contributed by atoms with E-state index in [-0.39, 0.29) is 19.3 Å². The minimum absolute atomic E-state index is 0.184. The summed E-state index contributed by atoms with van der Waals surface area (Å²) < 4.78 is 10.7. The summed E-state index contributed by atoms with van der Waals surface area (Å²) in [5.41, 5.74) is -1.13. The molecule has 0 radical (unpaired) electrons. The second-order valence-corrected chi connectivity index (χ2v) is 4.30. The largest absolute Gasteiger partial charge is 0.388 e. The molecule has 0 saturated carbocycles. The summed E-state index contributed by atoms with van der Waals surface area (Å²) in [6.45, 7) is 3.25. The molecule has 2 saturated heterocycles. The van der Waals surface area contributed by atoms with Crippen LogP contribution in [0.5, 0.6) is 0 Å². The van der Waals surface area contributed by atoms with Gasteiger partial charge in [-0.2, -0.15) is 0 Å². The van der Waals surface area contributed by atoms with Crippen molar-refractivity contribution in [1.82, 2.24) is 5.32 Å². The highest BCUT2D eigenvalue weighted by Gasteiger charge is 2.55. The van der Waals surface area contributed by atoms with Crippen LogP contribution in [0, 0.1) is 0 Å². The molecule has 0 aliphatic carbocycles. The van der Waals surface area contributed by atoms with Crippen LogP contribution in [0.3, 0.4) is 0 Å². The summed E-state index contributed by atoms with van der Waals surface area (Å²) in [6.07, 6.45) is 0.634. The average molecular weight is 217 g/mol. The Hall–Kier alpha value is -0.200. The SMILES string of the molecule is CCCCN[C@]1(O)CO[C@@H]2[C@@H](O)CO[C@@H]21. The lowest BCUT2D eigenvalue weighted by Crippen LogP contribution is -2.55. The minimum Gasteiger partial charge on any atom is -0.388 e. The predicted octanol–water partition coefficient (Wildman–Crippen LogP) is -0.777. The van der Waals surface area contributed by atoms with Crippen LogP contribution in [0.2, 0.25) is 0 Å². The van der Waals surface area contributed by atoms with Crippen molar-refractivity contribution < 1.29 is 19.7 Å². The zero-order valence-electron chi connectivity index (χ0n) is 8.98. The first kappa shape index (κ1) is 11.3. The Morgan fingerprint density at radius 1 is 1.47 bits per heavy atom. The molecule has 0 unspecified atom stereocenters. The van der Waals surface area contributed by atoms with E-state index in [1.54, 1.807) is 0 Å². The molecule has 0 aromatic carbocycles. The van der Waals surface area contributed by atoms with Gasteiger partial charge in [0.05, 0.1) is 13.2 Å². The van der Waals surface area contributed by atoms with E-state index in [4.69, 9.17) is 9.47 Å². The number of aliphatic hydroxyl groups is 2. The van der Waals surface area contributed by atoms with Crippen LogP contribution in [0.1, 0.15) is 19.8 Å². The molecule has 2 heterocycles. The zero-order chi connectivity index (χ0) is 10.9. The topological polar surface area (TPSA) is 71.0 Å². The Labute approximate surface area is 89.4 Å². The van der Waals surface area contributed by atoms with Crippen LogP contribution in [-0.2, 0) is 9.47 Å². The summed E-state index contributed by atoms with van der Waals surface area (Å²) >= 11 is 0. The van der Waals surface area contributed by atoms with Crippen LogP contribution < -0.4 is 5.32 Å². The number of ether oxygens (including phenoxy) is 2. The molecule has 5 nitrogen and oxygen atoms in total. The van der Waals surface area contributed by atoms with E-state index in [9.17, 15) is 10.2 Å². The first-order chi connectivity index (χ1) is 7.17. The fraction of sp³-hybridized carbons (Fsp3) is 1.00. The second kappa shape index (κ2) is 4.35. The number of nitrogens with one attached hydrogen (secondary N) is 1. The first-order valence-electron chi connectivity index (χ1n) is 5.56. The Morgan fingerprint density at radius 2 is 2.27 bits per heavy atom. The highest BCUT2D eigenvalue weighted by molar-refractivity contribution is 5.02. The molecule has 0 bridgehead atoms. The van der Waals surface area contributed by atoms with Crippen molar-refractivity contribution in [3.8, 4) is 0 Å². The van der Waals surface area contributed by atoms with E-state index in [1.165, 1.54) is 0 Å². The van der Waals surface area contributed by atoms with Crippen molar-refractivity contribution in [2.24, 2.45) is 0 Å². The van der Waals surface area contributed by atoms with Gasteiger partial charge in [0.1, 0.15) is 18.3 Å². The molecule has 5 heteroatoms. The number of unbranched alkanes of at least 4 members (excludes halogenated alkanes) is 1. The van der Waals surface area contributed by atoms with Crippen molar-refractivity contribution >= 4 is 0 Å². The van der Waals surface area contributed by atoms with Crippen molar-refractivity contribution in [3.63, 3.8) is 0 Å². The monoisotopic (exact) mass is 217 g/mol. The molecule has 0 aromatic rings. The lowest BCUT2D eigenvalue weighted by molar-refractivity contribution is -0.0901. The molecule has 0 aromatic heterocycles. The van der Waals surface area contributed by atoms with E-state index >= 15 is 0 Å². The predicted molar refractivity (Wildman–Crippen MR) is 53.3 cm³/mol. The standard InChI is InChI=1S/C10H19NO4/c1-2-3-4-11-10(13)6-15-8-7(12)5-14-9(8)10/h7-9,11-13H,2-6H2,1H3/t7-,8+,9-,10-/m0/s1. The van der Waals surface area contributed by atoms with Gasteiger partial charge in [0.15, 0.2) is 5.72 Å². The molecular formula is C10H19NO4. The summed E-state index contributed by atoms with van der Waals surface area (Å²) in [5, 5.41) is 22.8. The molecular weight excluding hydrogens is 198 g/mol. The number of hydrogen-bond donors (Lipinski definition) is 3. The Kier molecular flexibility index (Phi) is 3.27. The lowest BCUT2D eigenvalue weighted by atomic mass is 10.0. The van der Waals surface area contributed by atoms with Gasteiger partial charge < -0.3 is 19.7 Å². The highest BCUT2D eigenvalue weighted by Crippen LogP contribution is 2.32. The molecule has 88 valence electrons. The van der Waals surface area contributed by atoms with Gasteiger partial charge in [-0.25, -0.2) is 0 Å². The third kappa shape index (κ3) is 2.03. The van der Waals surface area contributed by atoms with Gasteiger partial charge in [-0.1, -0.05) is 13.3 Å². The van der Waals surface area contributed by atoms with Crippen LogP contribution in [0.15, 0.2) is 0 Å². The molecule has 2 rings (SSSR count). The van der Waals surface area contributed by atoms with Crippen molar-refractivity contribution in [2.45, 2.75) is 43.8 Å². The van der Waals surface area contributed by atoms with Gasteiger partial charge in [0.2, 0.25) is 0 Å². The fourth-order valence-corrected chi connectivity index (χ4v) is 2.14. The highest BCUT2D eigenvalue weighted by atomic mass is 16.6. The molecule has 0 amide bonds. The summed E-state index contributed by atoms with van der Waals surface area (Å²) in [4.78, 5) is 0. The van der Waals surface area contributed by atoms with Crippen LogP contribution >= 0.6 is 0 Å². The van der Waals surface area contributed by atoms with Gasteiger partial charge in [-0.05, 0) is 13.0 Å². The molecule has 4 atom stereocenters. The normalized spacial score (nSPS) is 44.6. The summed E-state index contributed by atoms with van der Waals surface area (Å²) in [7, 11) is 0. The van der Waals surface area contributed by atoms with E-state index in [0.29, 0.717) is 0 Å². The van der Waals surface area contributed by atoms with Gasteiger partial charge >= 0.3 is 0 Å². The first-order valence-corrected chi connectivity index (χ1v) is 5.56. The molecule has 2 aliphatic rings. The smallest absolute Gasteiger partial charge is 0.168 e. The fourth-order valence-electron chi connectivity index (χ4n) is 2.14. The maximum absolute atomic E-state index is 10.2. The van der Waals surface area contributed by atoms with E-state index in [0.717, 1.165) is 19.4 Å². The Morgan fingerprint density at radius 3 is 3.00 bits per heavy atom. The molecule has 3 N–H and O–H groups in total. The molecule has 2 fully saturated rings. The van der Waals surface area contributed by atoms with Gasteiger partial charge in [-0.3, -0.25) is 5.32 Å². The van der Waals surface area contributed by atoms with Gasteiger partial charge in [0.25, 0.3) is 0 Å². The van der Waals surface area contributed by atoms with Gasteiger partial charge in [0, 0.05) is 0 Å². The van der Waals surface area contributed by atoms with Gasteiger partial charge in [-0.15, -0.1) is 0 Å². The molecule has 2 aliphatic heterocycles. The van der Waals surface area contributed by atoms with Crippen molar-refractivity contribution in [3.05, 3.63) is 0 Å². The van der Waals surface area contributed by atoms with E-state index < -0.39 is 17.9 Å². The van der Waals surface area contributed by atoms with Crippen LogP contribution in [0.25, 0.3) is 0 Å². The number of fused-ring (bicyclic) bond motifs is 1. The minimum atomic E-state index is -1.13. The third-order valence-electron chi connectivity index (χ3n) is 3.05. The van der Waals surface area contributed by atoms with Crippen molar-refractivity contribution in [1.29, 1.82) is 0 Å². The third-order valence-corrected chi connectivity index (χ3v) is 3.05. The molecule has 15 heavy (non-hydrogen) atoms. The average Bonchev–Trinajstić information content (AvgIpc) is 2.72. The van der Waals surface area contributed by atoms with Crippen LogP contribution in [-0.4, -0.2) is 54.0 Å². The number of aliphatic hydroxyl groups excluding tert-OH is 1. The second-order valence-electron chi connectivity index (χ2n) is 4.30. The van der Waals surface area contributed by atoms with Crippen LogP contribution in [0.4, 0.5) is 0 Å². The zero-order valence-corrected chi connectivity index (χ0v) is 8.98. The summed E-state index contributed by atoms with van der Waals surface area (Å²) in [6, 6.07) is 0. The summed E-state index contributed by atoms with van der Waals surface area (Å²) in [5.74, 6) is 0. The lowest BCUT2D eigenvalue weighted by Gasteiger charge is -2.27. The quantitative estimate of drug-likeness (QED) is 0.426. The Balaban J connectivity index is 1.92. The van der Waals surface area contributed by atoms with E-state index in [1.807, 2.05) is 0 Å². The maximum atomic E-state index is 10.2. The Bertz CT molecular complexity index is 225. The van der Waals surface area contributed by atoms with Crippen molar-refractivity contribution in [2.75, 3.05) is 19.8 Å². The molecule has 0 spiro atoms. The number of rotatable bonds is 4. The maximum Gasteiger partial charge on any atom is 0.168 e. The van der Waals surface area contributed by atoms with E-state index in [2.05, 4.69) is 12.2 Å². The number of hydrogen-bond acceptors (Lipinski definition) is 5.